The Labute approximate surface area is 140 Å². The zero-order chi connectivity index (χ0) is 16.1. The lowest BCUT2D eigenvalue weighted by molar-refractivity contribution is 0.0429. The Morgan fingerprint density at radius 2 is 2.17 bits per heavy atom. The van der Waals surface area contributed by atoms with Crippen LogP contribution >= 0.6 is 11.3 Å². The highest BCUT2D eigenvalue weighted by atomic mass is 32.2. The Balaban J connectivity index is 1.56. The minimum absolute atomic E-state index is 0.0235. The smallest absolute Gasteiger partial charge is 0.214 e. The van der Waals surface area contributed by atoms with E-state index >= 15 is 0 Å². The summed E-state index contributed by atoms with van der Waals surface area (Å²) in [6.45, 7) is 2.15. The van der Waals surface area contributed by atoms with Gasteiger partial charge in [-0.1, -0.05) is 30.3 Å². The topological polar surface area (TPSA) is 80.3 Å². The predicted molar refractivity (Wildman–Crippen MR) is 90.8 cm³/mol. The molecule has 1 saturated heterocycles. The third-order valence-electron chi connectivity index (χ3n) is 3.45. The quantitative estimate of drug-likeness (QED) is 0.816. The summed E-state index contributed by atoms with van der Waals surface area (Å²) < 4.78 is 32.3. The van der Waals surface area contributed by atoms with Gasteiger partial charge in [0.25, 0.3) is 0 Å². The zero-order valence-electron chi connectivity index (χ0n) is 12.6. The number of nitrogens with zero attached hydrogens (tertiary/aromatic N) is 1. The van der Waals surface area contributed by atoms with Crippen molar-refractivity contribution in [2.24, 2.45) is 0 Å². The fourth-order valence-electron chi connectivity index (χ4n) is 2.31. The number of hydrogen-bond donors (Lipinski definition) is 2. The van der Waals surface area contributed by atoms with Gasteiger partial charge in [-0.05, 0) is 0 Å². The lowest BCUT2D eigenvalue weighted by Gasteiger charge is -2.23. The van der Waals surface area contributed by atoms with Crippen molar-refractivity contribution in [3.8, 4) is 10.6 Å². The average Bonchev–Trinajstić information content (AvgIpc) is 3.04. The van der Waals surface area contributed by atoms with Crippen molar-refractivity contribution >= 4 is 21.4 Å². The van der Waals surface area contributed by atoms with Gasteiger partial charge >= 0.3 is 0 Å². The first-order valence-electron chi connectivity index (χ1n) is 7.42. The summed E-state index contributed by atoms with van der Waals surface area (Å²) in [5.41, 5.74) is 1.04. The van der Waals surface area contributed by atoms with Gasteiger partial charge in [0, 0.05) is 36.3 Å². The highest BCUT2D eigenvalue weighted by Crippen LogP contribution is 2.24. The van der Waals surface area contributed by atoms with Crippen LogP contribution in [0.15, 0.2) is 36.5 Å². The lowest BCUT2D eigenvalue weighted by Crippen LogP contribution is -2.44. The number of aromatic nitrogens is 1. The van der Waals surface area contributed by atoms with Crippen LogP contribution in [-0.2, 0) is 21.3 Å². The van der Waals surface area contributed by atoms with Gasteiger partial charge in [-0.2, -0.15) is 0 Å². The number of morpholine rings is 1. The Bertz CT molecular complexity index is 725. The molecule has 0 saturated carbocycles. The number of benzene rings is 1. The maximum Gasteiger partial charge on any atom is 0.214 e. The zero-order valence-corrected chi connectivity index (χ0v) is 14.2. The molecule has 124 valence electrons. The van der Waals surface area contributed by atoms with Crippen LogP contribution < -0.4 is 10.0 Å². The molecular weight excluding hydrogens is 334 g/mol. The summed E-state index contributed by atoms with van der Waals surface area (Å²) in [4.78, 5) is 5.24. The fourth-order valence-corrected chi connectivity index (χ4v) is 4.46. The van der Waals surface area contributed by atoms with Gasteiger partial charge in [0.2, 0.25) is 10.0 Å². The first-order chi connectivity index (χ1) is 11.1. The minimum Gasteiger partial charge on any atom is -0.374 e. The molecule has 23 heavy (non-hydrogen) atoms. The molecule has 0 amide bonds. The van der Waals surface area contributed by atoms with E-state index < -0.39 is 10.0 Å². The van der Waals surface area contributed by atoms with Gasteiger partial charge < -0.3 is 10.1 Å². The van der Waals surface area contributed by atoms with E-state index in [0.29, 0.717) is 13.2 Å². The molecule has 1 aromatic carbocycles. The molecule has 1 aromatic heterocycles. The number of rotatable bonds is 6. The second kappa shape index (κ2) is 7.50. The maximum atomic E-state index is 12.1. The van der Waals surface area contributed by atoms with E-state index in [2.05, 4.69) is 15.0 Å². The molecule has 3 rings (SSSR count). The van der Waals surface area contributed by atoms with Crippen molar-refractivity contribution in [2.75, 3.05) is 25.4 Å². The number of sulfonamides is 1. The van der Waals surface area contributed by atoms with E-state index in [0.717, 1.165) is 22.0 Å². The second-order valence-electron chi connectivity index (χ2n) is 5.30. The van der Waals surface area contributed by atoms with E-state index in [-0.39, 0.29) is 18.4 Å². The summed E-state index contributed by atoms with van der Waals surface area (Å²) >= 11 is 1.49. The SMILES string of the molecule is O=S(=O)(CC1CNCCO1)NCc1cnc(-c2ccccc2)s1. The number of nitrogens with one attached hydrogen (secondary N) is 2. The normalized spacial score (nSPS) is 18.9. The van der Waals surface area contributed by atoms with Crippen molar-refractivity contribution in [3.63, 3.8) is 0 Å². The van der Waals surface area contributed by atoms with Crippen LogP contribution in [0, 0.1) is 0 Å². The summed E-state index contributed by atoms with van der Waals surface area (Å²) in [6.07, 6.45) is 1.43. The van der Waals surface area contributed by atoms with Gasteiger partial charge in [-0.3, -0.25) is 0 Å². The van der Waals surface area contributed by atoms with Crippen molar-refractivity contribution in [2.45, 2.75) is 12.6 Å². The predicted octanol–water partition coefficient (Wildman–Crippen LogP) is 1.22. The van der Waals surface area contributed by atoms with Crippen molar-refractivity contribution in [1.29, 1.82) is 0 Å². The molecule has 1 aliphatic heterocycles. The molecule has 2 heterocycles. The summed E-state index contributed by atoms with van der Waals surface area (Å²) in [7, 11) is -3.37. The monoisotopic (exact) mass is 353 g/mol. The van der Waals surface area contributed by atoms with Crippen LogP contribution in [0.25, 0.3) is 10.6 Å². The number of hydrogen-bond acceptors (Lipinski definition) is 6. The highest BCUT2D eigenvalue weighted by Gasteiger charge is 2.21. The second-order valence-corrected chi connectivity index (χ2v) is 8.26. The van der Waals surface area contributed by atoms with Crippen LogP contribution in [0.3, 0.4) is 0 Å². The summed E-state index contributed by atoms with van der Waals surface area (Å²) in [6, 6.07) is 9.84. The lowest BCUT2D eigenvalue weighted by atomic mass is 10.2. The summed E-state index contributed by atoms with van der Waals surface area (Å²) in [5.74, 6) is -0.0235. The molecule has 0 aliphatic carbocycles. The Morgan fingerprint density at radius 1 is 1.35 bits per heavy atom. The molecular formula is C15H19N3O3S2. The van der Waals surface area contributed by atoms with Crippen molar-refractivity contribution < 1.29 is 13.2 Å². The molecule has 1 unspecified atom stereocenters. The summed E-state index contributed by atoms with van der Waals surface area (Å²) in [5, 5.41) is 4.02. The highest BCUT2D eigenvalue weighted by molar-refractivity contribution is 7.89. The molecule has 0 radical (unpaired) electrons. The standard InChI is InChI=1S/C15H19N3O3S2/c19-23(20,11-13-8-16-6-7-21-13)18-10-14-9-17-15(22-14)12-4-2-1-3-5-12/h1-5,9,13,16,18H,6-8,10-11H2. The molecule has 6 nitrogen and oxygen atoms in total. The largest absolute Gasteiger partial charge is 0.374 e. The van der Waals surface area contributed by atoms with Gasteiger partial charge in [0.1, 0.15) is 5.01 Å². The first kappa shape index (κ1) is 16.5. The Kier molecular flexibility index (Phi) is 5.39. The van der Waals surface area contributed by atoms with E-state index in [1.54, 1.807) is 6.20 Å². The van der Waals surface area contributed by atoms with E-state index in [4.69, 9.17) is 4.74 Å². The number of ether oxygens (including phenoxy) is 1. The van der Waals surface area contributed by atoms with E-state index in [1.165, 1.54) is 11.3 Å². The molecule has 2 N–H and O–H groups in total. The molecule has 0 spiro atoms. The van der Waals surface area contributed by atoms with Gasteiger partial charge in [-0.15, -0.1) is 11.3 Å². The van der Waals surface area contributed by atoms with Crippen molar-refractivity contribution in [3.05, 3.63) is 41.4 Å². The van der Waals surface area contributed by atoms with Gasteiger partial charge in [-0.25, -0.2) is 18.1 Å². The van der Waals surface area contributed by atoms with Crippen LogP contribution in [0.1, 0.15) is 4.88 Å². The molecule has 0 bridgehead atoms. The fraction of sp³-hybridized carbons (Fsp3) is 0.400. The molecule has 1 atom stereocenters. The number of thiazole rings is 1. The minimum atomic E-state index is -3.37. The molecule has 8 heteroatoms. The maximum absolute atomic E-state index is 12.1. The Hall–Kier alpha value is -1.32. The van der Waals surface area contributed by atoms with Crippen molar-refractivity contribution in [1.82, 2.24) is 15.0 Å². The third-order valence-corrected chi connectivity index (χ3v) is 5.89. The average molecular weight is 353 g/mol. The third kappa shape index (κ3) is 4.82. The molecule has 1 fully saturated rings. The van der Waals surface area contributed by atoms with Crippen LogP contribution in [0.5, 0.6) is 0 Å². The van der Waals surface area contributed by atoms with E-state index in [1.807, 2.05) is 30.3 Å². The van der Waals surface area contributed by atoms with E-state index in [9.17, 15) is 8.42 Å². The molecule has 2 aromatic rings. The van der Waals surface area contributed by atoms with Crippen LogP contribution in [-0.4, -0.2) is 45.0 Å². The molecule has 1 aliphatic rings. The van der Waals surface area contributed by atoms with Crippen LogP contribution in [0.2, 0.25) is 0 Å². The Morgan fingerprint density at radius 3 is 2.91 bits per heavy atom. The first-order valence-corrected chi connectivity index (χ1v) is 9.89. The van der Waals surface area contributed by atoms with Gasteiger partial charge in [0.05, 0.1) is 18.5 Å². The van der Waals surface area contributed by atoms with Crippen LogP contribution in [0.4, 0.5) is 0 Å². The van der Waals surface area contributed by atoms with Gasteiger partial charge in [0.15, 0.2) is 0 Å².